The van der Waals surface area contributed by atoms with Crippen LogP contribution in [0.3, 0.4) is 0 Å². The minimum Gasteiger partial charge on any atom is -0.480 e. The third-order valence-electron chi connectivity index (χ3n) is 3.11. The van der Waals surface area contributed by atoms with Gasteiger partial charge in [-0.05, 0) is 25.7 Å². The van der Waals surface area contributed by atoms with E-state index >= 15 is 0 Å². The summed E-state index contributed by atoms with van der Waals surface area (Å²) in [7, 11) is -3.85. The maximum absolute atomic E-state index is 12.0. The number of rotatable bonds is 5. The zero-order chi connectivity index (χ0) is 13.9. The predicted octanol–water partition coefficient (Wildman–Crippen LogP) is -0.613. The molecule has 8 heteroatoms. The molecular formula is C10H20N2O5S. The first-order valence-electron chi connectivity index (χ1n) is 5.92. The number of hydrogen-bond donors (Lipinski definition) is 3. The summed E-state index contributed by atoms with van der Waals surface area (Å²) in [6.07, 6.45) is 0.224. The molecule has 106 valence electrons. The highest BCUT2D eigenvalue weighted by Gasteiger charge is 2.33. The summed E-state index contributed by atoms with van der Waals surface area (Å²) < 4.78 is 27.2. The molecule has 0 aromatic carbocycles. The molecule has 1 aliphatic rings. The fraction of sp³-hybridized carbons (Fsp3) is 0.900. The van der Waals surface area contributed by atoms with Gasteiger partial charge in [0.15, 0.2) is 0 Å². The van der Waals surface area contributed by atoms with Gasteiger partial charge in [0.05, 0.1) is 6.10 Å². The number of carboxylic acid groups (broad SMARTS) is 1. The van der Waals surface area contributed by atoms with Crippen molar-refractivity contribution in [3.05, 3.63) is 0 Å². The van der Waals surface area contributed by atoms with Crippen LogP contribution < -0.4 is 4.72 Å². The number of aliphatic carboxylic acids is 1. The Kier molecular flexibility index (Phi) is 5.09. The molecule has 0 aromatic heterocycles. The molecule has 0 unspecified atom stereocenters. The number of carbonyl (C=O) groups is 1. The average Bonchev–Trinajstić information content (AvgIpc) is 2.26. The Bertz CT molecular complexity index is 387. The third kappa shape index (κ3) is 3.91. The normalized spacial score (nSPS) is 22.6. The molecule has 1 aliphatic heterocycles. The lowest BCUT2D eigenvalue weighted by Crippen LogP contribution is -2.53. The van der Waals surface area contributed by atoms with E-state index in [1.54, 1.807) is 0 Å². The van der Waals surface area contributed by atoms with Crippen molar-refractivity contribution in [2.75, 3.05) is 13.1 Å². The second-order valence-electron chi connectivity index (χ2n) is 4.76. The summed E-state index contributed by atoms with van der Waals surface area (Å²) in [5.74, 6) is -0.914. The van der Waals surface area contributed by atoms with Gasteiger partial charge >= 0.3 is 5.97 Å². The Morgan fingerprint density at radius 2 is 1.89 bits per heavy atom. The first-order chi connectivity index (χ1) is 8.24. The Labute approximate surface area is 107 Å². The van der Waals surface area contributed by atoms with Gasteiger partial charge in [0.1, 0.15) is 6.04 Å². The molecule has 2 atom stereocenters. The van der Waals surface area contributed by atoms with E-state index in [-0.39, 0.29) is 0 Å². The van der Waals surface area contributed by atoms with Crippen molar-refractivity contribution in [3.63, 3.8) is 0 Å². The van der Waals surface area contributed by atoms with Crippen LogP contribution in [0.2, 0.25) is 0 Å². The van der Waals surface area contributed by atoms with Crippen LogP contribution in [0.4, 0.5) is 0 Å². The van der Waals surface area contributed by atoms with Crippen LogP contribution in [0.1, 0.15) is 26.7 Å². The first-order valence-corrected chi connectivity index (χ1v) is 7.36. The number of carboxylic acids is 1. The van der Waals surface area contributed by atoms with E-state index in [1.165, 1.54) is 11.2 Å². The van der Waals surface area contributed by atoms with Crippen molar-refractivity contribution in [1.82, 2.24) is 9.03 Å². The fourth-order valence-electron chi connectivity index (χ4n) is 1.82. The van der Waals surface area contributed by atoms with Crippen LogP contribution in [0.15, 0.2) is 0 Å². The zero-order valence-corrected chi connectivity index (χ0v) is 11.4. The van der Waals surface area contributed by atoms with E-state index in [0.717, 1.165) is 12.8 Å². The van der Waals surface area contributed by atoms with Gasteiger partial charge in [0, 0.05) is 13.1 Å². The molecule has 0 saturated carbocycles. The van der Waals surface area contributed by atoms with Gasteiger partial charge in [0.2, 0.25) is 0 Å². The predicted molar refractivity (Wildman–Crippen MR) is 65.1 cm³/mol. The molecule has 3 N–H and O–H groups in total. The average molecular weight is 280 g/mol. The first kappa shape index (κ1) is 15.4. The molecule has 0 spiro atoms. The minimum atomic E-state index is -3.85. The number of nitrogens with zero attached hydrogens (tertiary/aromatic N) is 1. The highest BCUT2D eigenvalue weighted by Crippen LogP contribution is 2.18. The van der Waals surface area contributed by atoms with Crippen LogP contribution in [-0.2, 0) is 15.0 Å². The highest BCUT2D eigenvalue weighted by atomic mass is 32.2. The maximum Gasteiger partial charge on any atom is 0.324 e. The Morgan fingerprint density at radius 1 is 1.39 bits per heavy atom. The van der Waals surface area contributed by atoms with E-state index in [4.69, 9.17) is 5.11 Å². The molecule has 0 amide bonds. The monoisotopic (exact) mass is 280 g/mol. The van der Waals surface area contributed by atoms with Crippen molar-refractivity contribution < 1.29 is 23.4 Å². The molecule has 1 saturated heterocycles. The molecule has 18 heavy (non-hydrogen) atoms. The lowest BCUT2D eigenvalue weighted by Gasteiger charge is -2.30. The molecule has 0 radical (unpaired) electrons. The second-order valence-corrected chi connectivity index (χ2v) is 6.46. The molecule has 1 fully saturated rings. The van der Waals surface area contributed by atoms with Crippen LogP contribution in [0.25, 0.3) is 0 Å². The van der Waals surface area contributed by atoms with E-state index in [1.807, 2.05) is 11.6 Å². The zero-order valence-electron chi connectivity index (χ0n) is 10.5. The van der Waals surface area contributed by atoms with Crippen molar-refractivity contribution in [2.24, 2.45) is 5.92 Å². The Balaban J connectivity index is 2.72. The van der Waals surface area contributed by atoms with Crippen molar-refractivity contribution in [1.29, 1.82) is 0 Å². The van der Waals surface area contributed by atoms with E-state index < -0.39 is 28.3 Å². The van der Waals surface area contributed by atoms with Crippen LogP contribution in [0, 0.1) is 5.92 Å². The van der Waals surface area contributed by atoms with Crippen LogP contribution in [-0.4, -0.2) is 54.1 Å². The van der Waals surface area contributed by atoms with E-state index in [9.17, 15) is 18.3 Å². The quantitative estimate of drug-likeness (QED) is 0.622. The molecule has 7 nitrogen and oxygen atoms in total. The van der Waals surface area contributed by atoms with Gasteiger partial charge in [-0.2, -0.15) is 17.4 Å². The summed E-state index contributed by atoms with van der Waals surface area (Å²) in [6.45, 7) is 4.04. The van der Waals surface area contributed by atoms with Crippen LogP contribution >= 0.6 is 0 Å². The number of aliphatic hydroxyl groups is 1. The van der Waals surface area contributed by atoms with Gasteiger partial charge in [-0.1, -0.05) is 6.92 Å². The molecule has 0 bridgehead atoms. The Hall–Kier alpha value is -0.700. The van der Waals surface area contributed by atoms with E-state index in [0.29, 0.717) is 19.0 Å². The topological polar surface area (TPSA) is 107 Å². The van der Waals surface area contributed by atoms with Crippen LogP contribution in [0.5, 0.6) is 0 Å². The summed E-state index contributed by atoms with van der Waals surface area (Å²) in [5.41, 5.74) is 0. The molecule has 0 aliphatic carbocycles. The molecule has 1 rings (SSSR count). The number of hydrogen-bond acceptors (Lipinski definition) is 4. The minimum absolute atomic E-state index is 0.378. The lowest BCUT2D eigenvalue weighted by molar-refractivity contribution is -0.141. The summed E-state index contributed by atoms with van der Waals surface area (Å²) in [5, 5.41) is 18.1. The van der Waals surface area contributed by atoms with Gasteiger partial charge in [-0.15, -0.1) is 0 Å². The van der Waals surface area contributed by atoms with Gasteiger partial charge < -0.3 is 10.2 Å². The third-order valence-corrected chi connectivity index (χ3v) is 4.70. The highest BCUT2D eigenvalue weighted by molar-refractivity contribution is 7.87. The van der Waals surface area contributed by atoms with Gasteiger partial charge in [0.25, 0.3) is 10.2 Å². The van der Waals surface area contributed by atoms with Crippen molar-refractivity contribution >= 4 is 16.2 Å². The van der Waals surface area contributed by atoms with Crippen molar-refractivity contribution in [2.45, 2.75) is 38.8 Å². The van der Waals surface area contributed by atoms with E-state index in [2.05, 4.69) is 0 Å². The second kappa shape index (κ2) is 5.96. The van der Waals surface area contributed by atoms with Gasteiger partial charge in [-0.3, -0.25) is 4.79 Å². The maximum atomic E-state index is 12.0. The fourth-order valence-corrected chi connectivity index (χ4v) is 3.27. The smallest absolute Gasteiger partial charge is 0.324 e. The van der Waals surface area contributed by atoms with Crippen molar-refractivity contribution in [3.8, 4) is 0 Å². The number of nitrogens with one attached hydrogen (secondary N) is 1. The molecule has 0 aromatic rings. The lowest BCUT2D eigenvalue weighted by atomic mass is 10.0. The molecule has 1 heterocycles. The SMILES string of the molecule is CC1CCN(S(=O)(=O)N[C@H](C(=O)O)[C@@H](C)O)CC1. The van der Waals surface area contributed by atoms with Gasteiger partial charge in [-0.25, -0.2) is 0 Å². The Morgan fingerprint density at radius 3 is 2.28 bits per heavy atom. The standard InChI is InChI=1S/C10H20N2O5S/c1-7-3-5-12(6-4-7)18(16,17)11-9(8(2)13)10(14)15/h7-9,11,13H,3-6H2,1-2H3,(H,14,15)/t8-,9+/m1/s1. The largest absolute Gasteiger partial charge is 0.480 e. The summed E-state index contributed by atoms with van der Waals surface area (Å²) >= 11 is 0. The number of piperidine rings is 1. The molecular weight excluding hydrogens is 260 g/mol. The summed E-state index contributed by atoms with van der Waals surface area (Å²) in [4.78, 5) is 10.8. The number of aliphatic hydroxyl groups excluding tert-OH is 1. The summed E-state index contributed by atoms with van der Waals surface area (Å²) in [6, 6.07) is -1.52.